The lowest BCUT2D eigenvalue weighted by Gasteiger charge is -2.23. The highest BCUT2D eigenvalue weighted by molar-refractivity contribution is 5.53. The van der Waals surface area contributed by atoms with Gasteiger partial charge in [-0.15, -0.1) is 0 Å². The minimum absolute atomic E-state index is 0.0418. The molecule has 1 fully saturated rings. The van der Waals surface area contributed by atoms with Crippen molar-refractivity contribution in [1.82, 2.24) is 0 Å². The molecule has 1 saturated heterocycles. The zero-order valence-electron chi connectivity index (χ0n) is 14.6. The lowest BCUT2D eigenvalue weighted by atomic mass is 9.83. The van der Waals surface area contributed by atoms with Crippen molar-refractivity contribution in [3.63, 3.8) is 0 Å². The van der Waals surface area contributed by atoms with Gasteiger partial charge in [-0.05, 0) is 36.6 Å². The van der Waals surface area contributed by atoms with Gasteiger partial charge in [0.15, 0.2) is 0 Å². The van der Waals surface area contributed by atoms with Gasteiger partial charge in [0.1, 0.15) is 11.5 Å². The van der Waals surface area contributed by atoms with Crippen LogP contribution in [0.5, 0.6) is 5.75 Å². The van der Waals surface area contributed by atoms with E-state index in [-0.39, 0.29) is 29.2 Å². The molecule has 0 amide bonds. The fraction of sp³-hybridized carbons (Fsp3) is 0.556. The van der Waals surface area contributed by atoms with Crippen LogP contribution in [0.1, 0.15) is 26.3 Å². The second-order valence-electron chi connectivity index (χ2n) is 6.20. The van der Waals surface area contributed by atoms with E-state index in [9.17, 15) is 10.1 Å². The largest absolute Gasteiger partial charge is 0.497 e. The van der Waals surface area contributed by atoms with Gasteiger partial charge in [0.05, 0.1) is 13.0 Å². The second-order valence-corrected chi connectivity index (χ2v) is 6.20. The Hall–Kier alpha value is -2.08. The molecule has 0 saturated carbocycles. The molecule has 1 heterocycles. The Morgan fingerprint density at radius 1 is 1.33 bits per heavy atom. The molecule has 132 valence electrons. The number of benzene rings is 1. The summed E-state index contributed by atoms with van der Waals surface area (Å²) in [5.74, 6) is 1.26. The van der Waals surface area contributed by atoms with Crippen molar-refractivity contribution in [2.45, 2.75) is 27.1 Å². The normalized spacial score (nSPS) is 25.0. The zero-order valence-corrected chi connectivity index (χ0v) is 14.6. The molecule has 1 aromatic carbocycles. The molecule has 1 aromatic rings. The fourth-order valence-electron chi connectivity index (χ4n) is 3.15. The van der Waals surface area contributed by atoms with Gasteiger partial charge in [0.2, 0.25) is 12.8 Å². The third-order valence-corrected chi connectivity index (χ3v) is 4.27. The van der Waals surface area contributed by atoms with Gasteiger partial charge in [0.25, 0.3) is 0 Å². The molecule has 0 N–H and O–H groups in total. The van der Waals surface area contributed by atoms with Crippen LogP contribution < -0.4 is 4.74 Å². The topological polar surface area (TPSA) is 70.8 Å². The molecule has 0 unspecified atom stereocenters. The predicted molar refractivity (Wildman–Crippen MR) is 91.1 cm³/mol. The van der Waals surface area contributed by atoms with Gasteiger partial charge in [0, 0.05) is 17.4 Å². The average Bonchev–Trinajstić information content (AvgIpc) is 2.85. The van der Waals surface area contributed by atoms with Gasteiger partial charge in [-0.2, -0.15) is 0 Å². The minimum atomic E-state index is -0.440. The van der Waals surface area contributed by atoms with Gasteiger partial charge in [-0.3, -0.25) is 10.1 Å². The van der Waals surface area contributed by atoms with Crippen LogP contribution in [0.3, 0.4) is 0 Å². The zero-order chi connectivity index (χ0) is 17.7. The molecule has 0 radical (unpaired) electrons. The first-order valence-electron chi connectivity index (χ1n) is 8.22. The van der Waals surface area contributed by atoms with Crippen LogP contribution in [0.25, 0.3) is 6.08 Å². The summed E-state index contributed by atoms with van der Waals surface area (Å²) in [6.45, 7) is 6.34. The number of nitrogens with zero attached hydrogens (tertiary/aromatic N) is 1. The lowest BCUT2D eigenvalue weighted by Crippen LogP contribution is -2.31. The molecule has 6 heteroatoms. The Morgan fingerprint density at radius 3 is 2.50 bits per heavy atom. The molecule has 2 rings (SSSR count). The molecule has 6 nitrogen and oxygen atoms in total. The predicted octanol–water partition coefficient (Wildman–Crippen LogP) is 3.59. The Morgan fingerprint density at radius 2 is 2.00 bits per heavy atom. The standard InChI is InChI=1S/C18H25NO5/c1-5-23-18-17(12(2)3)15(11-19(20)21)16(24-18)10-13-6-8-14(22-4)9-7-13/h6-10,12,15,17-18H,5,11H2,1-4H3/b16-10-/t15-,17-,18+/m1/s1. The summed E-state index contributed by atoms with van der Waals surface area (Å²) in [7, 11) is 1.61. The van der Waals surface area contributed by atoms with E-state index < -0.39 is 6.29 Å². The van der Waals surface area contributed by atoms with Gasteiger partial charge in [-0.25, -0.2) is 0 Å². The van der Waals surface area contributed by atoms with Crippen molar-refractivity contribution in [3.8, 4) is 5.75 Å². The highest BCUT2D eigenvalue weighted by Gasteiger charge is 2.46. The molecular formula is C18H25NO5. The summed E-state index contributed by atoms with van der Waals surface area (Å²) >= 11 is 0. The summed E-state index contributed by atoms with van der Waals surface area (Å²) in [6, 6.07) is 7.50. The first kappa shape index (κ1) is 18.3. The molecule has 0 aromatic heterocycles. The van der Waals surface area contributed by atoms with E-state index in [4.69, 9.17) is 14.2 Å². The lowest BCUT2D eigenvalue weighted by molar-refractivity contribution is -0.488. The van der Waals surface area contributed by atoms with Crippen molar-refractivity contribution in [2.75, 3.05) is 20.3 Å². The minimum Gasteiger partial charge on any atom is -0.497 e. The van der Waals surface area contributed by atoms with Crippen molar-refractivity contribution in [2.24, 2.45) is 17.8 Å². The number of rotatable bonds is 7. The first-order chi connectivity index (χ1) is 11.5. The third-order valence-electron chi connectivity index (χ3n) is 4.27. The smallest absolute Gasteiger partial charge is 0.214 e. The van der Waals surface area contributed by atoms with E-state index in [0.29, 0.717) is 12.4 Å². The molecule has 24 heavy (non-hydrogen) atoms. The molecule has 1 aliphatic rings. The second kappa shape index (κ2) is 8.15. The van der Waals surface area contributed by atoms with Crippen LogP contribution >= 0.6 is 0 Å². The number of hydrogen-bond acceptors (Lipinski definition) is 5. The van der Waals surface area contributed by atoms with Crippen LogP contribution in [0.15, 0.2) is 30.0 Å². The highest BCUT2D eigenvalue weighted by atomic mass is 16.7. The number of hydrogen-bond donors (Lipinski definition) is 0. The molecular weight excluding hydrogens is 310 g/mol. The van der Waals surface area contributed by atoms with Crippen molar-refractivity contribution in [3.05, 3.63) is 45.7 Å². The van der Waals surface area contributed by atoms with Crippen molar-refractivity contribution < 1.29 is 19.1 Å². The van der Waals surface area contributed by atoms with Crippen LogP contribution in [0.4, 0.5) is 0 Å². The van der Waals surface area contributed by atoms with Crippen molar-refractivity contribution >= 4 is 6.08 Å². The SMILES string of the molecule is CCO[C@H]1O/C(=C\c2ccc(OC)cc2)[C@@H](C[N+](=O)[O-])[C@H]1C(C)C. The van der Waals surface area contributed by atoms with Gasteiger partial charge >= 0.3 is 0 Å². The van der Waals surface area contributed by atoms with E-state index >= 15 is 0 Å². The Kier molecular flexibility index (Phi) is 6.20. The van der Waals surface area contributed by atoms with Crippen LogP contribution in [0, 0.1) is 27.9 Å². The first-order valence-corrected chi connectivity index (χ1v) is 8.22. The summed E-state index contributed by atoms with van der Waals surface area (Å²) in [4.78, 5) is 10.9. The van der Waals surface area contributed by atoms with Crippen LogP contribution in [-0.4, -0.2) is 31.5 Å². The average molecular weight is 335 g/mol. The van der Waals surface area contributed by atoms with Gasteiger partial charge in [-0.1, -0.05) is 26.0 Å². The molecule has 1 aliphatic heterocycles. The number of methoxy groups -OCH3 is 1. The maximum absolute atomic E-state index is 11.1. The molecule has 0 aliphatic carbocycles. The van der Waals surface area contributed by atoms with E-state index in [1.54, 1.807) is 7.11 Å². The molecule has 3 atom stereocenters. The number of ether oxygens (including phenoxy) is 3. The summed E-state index contributed by atoms with van der Waals surface area (Å²) in [6.07, 6.45) is 1.42. The Labute approximate surface area is 142 Å². The Bertz CT molecular complexity index is 582. The van der Waals surface area contributed by atoms with Crippen LogP contribution in [-0.2, 0) is 9.47 Å². The van der Waals surface area contributed by atoms with Crippen molar-refractivity contribution in [1.29, 1.82) is 0 Å². The van der Waals surface area contributed by atoms with Gasteiger partial charge < -0.3 is 14.2 Å². The maximum Gasteiger partial charge on any atom is 0.214 e. The fourth-order valence-corrected chi connectivity index (χ4v) is 3.15. The van der Waals surface area contributed by atoms with E-state index in [0.717, 1.165) is 11.3 Å². The van der Waals surface area contributed by atoms with Crippen LogP contribution in [0.2, 0.25) is 0 Å². The Balaban J connectivity index is 2.33. The monoisotopic (exact) mass is 335 g/mol. The van der Waals surface area contributed by atoms with E-state index in [2.05, 4.69) is 0 Å². The molecule has 0 bridgehead atoms. The quantitative estimate of drug-likeness (QED) is 0.562. The maximum atomic E-state index is 11.1. The number of nitro groups is 1. The summed E-state index contributed by atoms with van der Waals surface area (Å²) in [5.41, 5.74) is 0.916. The van der Waals surface area contributed by atoms with E-state index in [1.807, 2.05) is 51.1 Å². The highest BCUT2D eigenvalue weighted by Crippen LogP contribution is 2.41. The van der Waals surface area contributed by atoms with E-state index in [1.165, 1.54) is 0 Å². The molecule has 0 spiro atoms. The summed E-state index contributed by atoms with van der Waals surface area (Å²) < 4.78 is 16.8. The summed E-state index contributed by atoms with van der Waals surface area (Å²) in [5, 5.41) is 11.1. The third kappa shape index (κ3) is 4.26.